The maximum Gasteiger partial charge on any atom is 0.203 e. The van der Waals surface area contributed by atoms with Gasteiger partial charge in [0.1, 0.15) is 11.5 Å². The van der Waals surface area contributed by atoms with Gasteiger partial charge < -0.3 is 24.7 Å². The predicted octanol–water partition coefficient (Wildman–Crippen LogP) is 5.44. The van der Waals surface area contributed by atoms with Gasteiger partial charge in [0.05, 0.1) is 30.3 Å². The van der Waals surface area contributed by atoms with Gasteiger partial charge in [-0.05, 0) is 60.2 Å². The van der Waals surface area contributed by atoms with Crippen LogP contribution in [0, 0.1) is 0 Å². The summed E-state index contributed by atoms with van der Waals surface area (Å²) >= 11 is 5.92. The average molecular weight is 435 g/mol. The first-order chi connectivity index (χ1) is 15.1. The molecule has 2 heterocycles. The van der Waals surface area contributed by atoms with Crippen molar-refractivity contribution in [2.24, 2.45) is 7.05 Å². The average Bonchev–Trinajstić information content (AvgIpc) is 3.07. The molecule has 0 atom stereocenters. The van der Waals surface area contributed by atoms with E-state index in [4.69, 9.17) is 26.1 Å². The molecule has 6 nitrogen and oxygen atoms in total. The number of fused-ring (bicyclic) bond motifs is 1. The number of nitrogens with one attached hydrogen (secondary N) is 2. The summed E-state index contributed by atoms with van der Waals surface area (Å²) in [4.78, 5) is 4.73. The van der Waals surface area contributed by atoms with E-state index in [0.29, 0.717) is 17.6 Å². The summed E-state index contributed by atoms with van der Waals surface area (Å²) in [7, 11) is 2.02. The first-order valence-electron chi connectivity index (χ1n) is 10.2. The number of nitrogens with zero attached hydrogens (tertiary/aromatic N) is 2. The standard InChI is InChI=1S/C24H23ClN4O2/c1-29-23-12-18(27-19-14-30-15-19)6-11-22(23)28-24(29)26-13-16-2-7-20(8-3-16)31-21-9-4-17(25)5-10-21/h2-12,19,27H,13-15H2,1H3,(H,26,28). The number of benzene rings is 3. The minimum absolute atomic E-state index is 0.398. The molecule has 1 aliphatic rings. The summed E-state index contributed by atoms with van der Waals surface area (Å²) in [5, 5.41) is 7.61. The van der Waals surface area contributed by atoms with Gasteiger partial charge in [0, 0.05) is 24.3 Å². The minimum Gasteiger partial charge on any atom is -0.457 e. The summed E-state index contributed by atoms with van der Waals surface area (Å²) in [6.45, 7) is 2.20. The topological polar surface area (TPSA) is 60.3 Å². The van der Waals surface area contributed by atoms with Gasteiger partial charge >= 0.3 is 0 Å². The van der Waals surface area contributed by atoms with Gasteiger partial charge in [-0.3, -0.25) is 0 Å². The second kappa shape index (κ2) is 8.49. The van der Waals surface area contributed by atoms with Crippen molar-refractivity contribution >= 4 is 34.3 Å². The Labute approximate surface area is 185 Å². The molecule has 2 N–H and O–H groups in total. The van der Waals surface area contributed by atoms with Crippen molar-refractivity contribution in [3.05, 3.63) is 77.3 Å². The molecular weight excluding hydrogens is 412 g/mol. The summed E-state index contributed by atoms with van der Waals surface area (Å²) in [5.74, 6) is 2.37. The summed E-state index contributed by atoms with van der Waals surface area (Å²) in [6.07, 6.45) is 0. The number of aromatic nitrogens is 2. The maximum atomic E-state index is 5.92. The quantitative estimate of drug-likeness (QED) is 0.405. The van der Waals surface area contributed by atoms with Crippen LogP contribution in [0.1, 0.15) is 5.56 Å². The van der Waals surface area contributed by atoms with Gasteiger partial charge in [-0.1, -0.05) is 23.7 Å². The van der Waals surface area contributed by atoms with E-state index in [2.05, 4.69) is 27.3 Å². The molecule has 7 heteroatoms. The summed E-state index contributed by atoms with van der Waals surface area (Å²) < 4.78 is 13.2. The van der Waals surface area contributed by atoms with Gasteiger partial charge in [-0.15, -0.1) is 0 Å². The molecule has 0 unspecified atom stereocenters. The molecule has 1 saturated heterocycles. The first-order valence-corrected chi connectivity index (χ1v) is 10.6. The van der Waals surface area contributed by atoms with Crippen LogP contribution in [0.3, 0.4) is 0 Å². The molecule has 3 aromatic carbocycles. The number of halogens is 1. The van der Waals surface area contributed by atoms with Gasteiger partial charge in [0.2, 0.25) is 5.95 Å². The lowest BCUT2D eigenvalue weighted by Crippen LogP contribution is -2.40. The smallest absolute Gasteiger partial charge is 0.203 e. The van der Waals surface area contributed by atoms with Crippen molar-refractivity contribution in [2.45, 2.75) is 12.6 Å². The molecule has 0 amide bonds. The Hall–Kier alpha value is -3.22. The SMILES string of the molecule is Cn1c(NCc2ccc(Oc3ccc(Cl)cc3)cc2)nc2ccc(NC3COC3)cc21. The molecule has 31 heavy (non-hydrogen) atoms. The van der Waals surface area contributed by atoms with Gasteiger partial charge in [-0.25, -0.2) is 4.98 Å². The van der Waals surface area contributed by atoms with Crippen molar-refractivity contribution in [1.29, 1.82) is 0 Å². The fourth-order valence-electron chi connectivity index (χ4n) is 3.49. The van der Waals surface area contributed by atoms with Crippen LogP contribution in [0.4, 0.5) is 11.6 Å². The highest BCUT2D eigenvalue weighted by Crippen LogP contribution is 2.25. The number of ether oxygens (including phenoxy) is 2. The van der Waals surface area contributed by atoms with E-state index in [0.717, 1.165) is 52.9 Å². The molecule has 1 aliphatic heterocycles. The third kappa shape index (κ3) is 4.45. The predicted molar refractivity (Wildman–Crippen MR) is 124 cm³/mol. The van der Waals surface area contributed by atoms with Crippen LogP contribution < -0.4 is 15.4 Å². The molecular formula is C24H23ClN4O2. The van der Waals surface area contributed by atoms with E-state index < -0.39 is 0 Å². The molecule has 1 fully saturated rings. The lowest BCUT2D eigenvalue weighted by molar-refractivity contribution is 0.0211. The van der Waals surface area contributed by atoms with Crippen molar-refractivity contribution in [3.8, 4) is 11.5 Å². The highest BCUT2D eigenvalue weighted by molar-refractivity contribution is 6.30. The zero-order valence-corrected chi connectivity index (χ0v) is 17.9. The largest absolute Gasteiger partial charge is 0.457 e. The van der Waals surface area contributed by atoms with Crippen LogP contribution in [0.25, 0.3) is 11.0 Å². The van der Waals surface area contributed by atoms with E-state index in [-0.39, 0.29) is 0 Å². The van der Waals surface area contributed by atoms with E-state index in [1.165, 1.54) is 0 Å². The molecule has 1 aromatic heterocycles. The molecule has 0 spiro atoms. The Morgan fingerprint density at radius 3 is 2.42 bits per heavy atom. The van der Waals surface area contributed by atoms with Crippen molar-refractivity contribution in [1.82, 2.24) is 9.55 Å². The Balaban J connectivity index is 1.23. The zero-order valence-electron chi connectivity index (χ0n) is 17.1. The molecule has 4 aromatic rings. The number of hydrogen-bond acceptors (Lipinski definition) is 5. The van der Waals surface area contributed by atoms with Crippen molar-refractivity contribution < 1.29 is 9.47 Å². The molecule has 0 saturated carbocycles. The fourth-order valence-corrected chi connectivity index (χ4v) is 3.61. The van der Waals surface area contributed by atoms with Crippen LogP contribution in [0.15, 0.2) is 66.7 Å². The van der Waals surface area contributed by atoms with E-state index in [1.54, 1.807) is 0 Å². The van der Waals surface area contributed by atoms with Crippen molar-refractivity contribution in [3.63, 3.8) is 0 Å². The van der Waals surface area contributed by atoms with Crippen LogP contribution in [-0.2, 0) is 18.3 Å². The molecule has 0 aliphatic carbocycles. The highest BCUT2D eigenvalue weighted by atomic mass is 35.5. The normalized spacial score (nSPS) is 13.7. The monoisotopic (exact) mass is 434 g/mol. The molecule has 158 valence electrons. The number of hydrogen-bond donors (Lipinski definition) is 2. The lowest BCUT2D eigenvalue weighted by Gasteiger charge is -2.27. The number of rotatable bonds is 7. The fraction of sp³-hybridized carbons (Fsp3) is 0.208. The zero-order chi connectivity index (χ0) is 21.2. The second-order valence-electron chi connectivity index (χ2n) is 7.63. The highest BCUT2D eigenvalue weighted by Gasteiger charge is 2.18. The van der Waals surface area contributed by atoms with Crippen LogP contribution in [0.5, 0.6) is 11.5 Å². The Morgan fingerprint density at radius 2 is 1.74 bits per heavy atom. The second-order valence-corrected chi connectivity index (χ2v) is 8.07. The van der Waals surface area contributed by atoms with Crippen LogP contribution in [-0.4, -0.2) is 28.8 Å². The van der Waals surface area contributed by atoms with E-state index in [9.17, 15) is 0 Å². The molecule has 0 radical (unpaired) electrons. The maximum absolute atomic E-state index is 5.92. The first kappa shape index (κ1) is 19.7. The molecule has 0 bridgehead atoms. The summed E-state index contributed by atoms with van der Waals surface area (Å²) in [6, 6.07) is 22.0. The van der Waals surface area contributed by atoms with Gasteiger partial charge in [0.25, 0.3) is 0 Å². The minimum atomic E-state index is 0.398. The van der Waals surface area contributed by atoms with E-state index in [1.807, 2.05) is 61.6 Å². The number of aryl methyl sites for hydroxylation is 1. The third-order valence-electron chi connectivity index (χ3n) is 5.31. The van der Waals surface area contributed by atoms with Gasteiger partial charge in [-0.2, -0.15) is 0 Å². The van der Waals surface area contributed by atoms with Crippen LogP contribution >= 0.6 is 11.6 Å². The van der Waals surface area contributed by atoms with Crippen LogP contribution in [0.2, 0.25) is 5.02 Å². The lowest BCUT2D eigenvalue weighted by atomic mass is 10.2. The Kier molecular flexibility index (Phi) is 5.40. The number of imidazole rings is 1. The number of anilines is 2. The van der Waals surface area contributed by atoms with E-state index >= 15 is 0 Å². The van der Waals surface area contributed by atoms with Crippen molar-refractivity contribution in [2.75, 3.05) is 23.8 Å². The Morgan fingerprint density at radius 1 is 1.03 bits per heavy atom. The Bertz CT molecular complexity index is 1180. The molecule has 5 rings (SSSR count). The summed E-state index contributed by atoms with van der Waals surface area (Å²) in [5.41, 5.74) is 4.28. The van der Waals surface area contributed by atoms with Gasteiger partial charge in [0.15, 0.2) is 0 Å². The third-order valence-corrected chi connectivity index (χ3v) is 5.56.